The van der Waals surface area contributed by atoms with E-state index in [1.807, 2.05) is 0 Å². The van der Waals surface area contributed by atoms with Gasteiger partial charge in [-0.25, -0.2) is 9.97 Å². The highest BCUT2D eigenvalue weighted by Crippen LogP contribution is 2.34. The van der Waals surface area contributed by atoms with E-state index in [1.165, 1.54) is 30.8 Å². The Hall–Kier alpha value is -1.47. The van der Waals surface area contributed by atoms with E-state index in [0.717, 1.165) is 6.07 Å². The number of benzene rings is 1. The van der Waals surface area contributed by atoms with E-state index < -0.39 is 11.7 Å². The van der Waals surface area contributed by atoms with Crippen LogP contribution in [-0.2, 0) is 6.18 Å². The summed E-state index contributed by atoms with van der Waals surface area (Å²) < 4.78 is 38.6. The van der Waals surface area contributed by atoms with Gasteiger partial charge < -0.3 is 5.32 Å². The second-order valence-corrected chi connectivity index (χ2v) is 5.38. The first kappa shape index (κ1) is 15.9. The maximum atomic E-state index is 12.9. The molecule has 0 unspecified atom stereocenters. The first-order valence-corrected chi connectivity index (χ1v) is 7.43. The second kappa shape index (κ2) is 6.11. The van der Waals surface area contributed by atoms with Crippen molar-refractivity contribution < 1.29 is 13.2 Å². The summed E-state index contributed by atoms with van der Waals surface area (Å²) in [5.74, 6) is 0.344. The van der Waals surface area contributed by atoms with Crippen LogP contribution in [0, 0.1) is 6.92 Å². The Balaban J connectivity index is 2.34. The third-order valence-corrected chi connectivity index (χ3v) is 3.41. The van der Waals surface area contributed by atoms with Crippen LogP contribution in [0.1, 0.15) is 11.1 Å². The molecule has 0 bridgehead atoms. The zero-order valence-corrected chi connectivity index (χ0v) is 12.7. The van der Waals surface area contributed by atoms with Gasteiger partial charge >= 0.3 is 6.18 Å². The molecule has 0 amide bonds. The average molecular weight is 334 g/mol. The van der Waals surface area contributed by atoms with Crippen molar-refractivity contribution >= 4 is 34.9 Å². The van der Waals surface area contributed by atoms with Crippen LogP contribution < -0.4 is 5.32 Å². The lowest BCUT2D eigenvalue weighted by Crippen LogP contribution is -2.08. The normalized spacial score (nSPS) is 11.5. The molecule has 0 aliphatic heterocycles. The molecule has 0 aliphatic rings. The van der Waals surface area contributed by atoms with Crippen LogP contribution in [0.3, 0.4) is 0 Å². The number of aromatic nitrogens is 2. The summed E-state index contributed by atoms with van der Waals surface area (Å²) in [4.78, 5) is 8.10. The summed E-state index contributed by atoms with van der Waals surface area (Å²) in [6.07, 6.45) is -2.61. The number of thioether (sulfide) groups is 1. The number of aryl methyl sites for hydroxylation is 1. The third kappa shape index (κ3) is 4.01. The van der Waals surface area contributed by atoms with Gasteiger partial charge in [-0.05, 0) is 30.9 Å². The van der Waals surface area contributed by atoms with Crippen LogP contribution in [0.4, 0.5) is 24.7 Å². The van der Waals surface area contributed by atoms with E-state index >= 15 is 0 Å². The maximum absolute atomic E-state index is 12.9. The quantitative estimate of drug-likeness (QED) is 0.491. The van der Waals surface area contributed by atoms with Gasteiger partial charge in [0.1, 0.15) is 11.0 Å². The van der Waals surface area contributed by atoms with Gasteiger partial charge in [0.05, 0.1) is 5.56 Å². The van der Waals surface area contributed by atoms with E-state index in [9.17, 15) is 13.2 Å². The number of hydrogen-bond acceptors (Lipinski definition) is 4. The number of halogens is 4. The van der Waals surface area contributed by atoms with Crippen LogP contribution >= 0.6 is 23.4 Å². The van der Waals surface area contributed by atoms with E-state index in [2.05, 4.69) is 15.3 Å². The summed E-state index contributed by atoms with van der Waals surface area (Å²) in [7, 11) is 0. The summed E-state index contributed by atoms with van der Waals surface area (Å²) >= 11 is 7.13. The Labute approximate surface area is 128 Å². The van der Waals surface area contributed by atoms with Crippen LogP contribution in [0.5, 0.6) is 0 Å². The number of rotatable bonds is 3. The minimum atomic E-state index is -4.39. The second-order valence-electron chi connectivity index (χ2n) is 4.22. The maximum Gasteiger partial charge on any atom is 0.416 e. The van der Waals surface area contributed by atoms with Gasteiger partial charge in [-0.2, -0.15) is 13.2 Å². The molecular formula is C13H11ClF3N3S. The lowest BCUT2D eigenvalue weighted by molar-refractivity contribution is -0.138. The van der Waals surface area contributed by atoms with Crippen LogP contribution in [-0.4, -0.2) is 16.2 Å². The van der Waals surface area contributed by atoms with Crippen molar-refractivity contribution in [1.29, 1.82) is 0 Å². The molecule has 3 nitrogen and oxygen atoms in total. The van der Waals surface area contributed by atoms with Gasteiger partial charge in [0.2, 0.25) is 0 Å². The molecule has 21 heavy (non-hydrogen) atoms. The fourth-order valence-corrected chi connectivity index (χ4v) is 2.32. The Morgan fingerprint density at radius 3 is 2.52 bits per heavy atom. The van der Waals surface area contributed by atoms with E-state index in [0.29, 0.717) is 11.0 Å². The predicted octanol–water partition coefficient (Wildman–Crippen LogP) is 4.92. The molecular weight excluding hydrogens is 323 g/mol. The van der Waals surface area contributed by atoms with Crippen LogP contribution in [0.2, 0.25) is 5.15 Å². The molecule has 0 aliphatic carbocycles. The zero-order valence-electron chi connectivity index (χ0n) is 11.1. The third-order valence-electron chi connectivity index (χ3n) is 2.67. The molecule has 1 N–H and O–H groups in total. The highest BCUT2D eigenvalue weighted by molar-refractivity contribution is 7.98. The molecule has 112 valence electrons. The van der Waals surface area contributed by atoms with Crippen LogP contribution in [0.25, 0.3) is 0 Å². The van der Waals surface area contributed by atoms with Gasteiger partial charge in [0, 0.05) is 11.8 Å². The van der Waals surface area contributed by atoms with E-state index in [1.54, 1.807) is 12.3 Å². The molecule has 1 heterocycles. The molecule has 0 radical (unpaired) electrons. The molecule has 2 aromatic rings. The molecule has 0 fully saturated rings. The topological polar surface area (TPSA) is 37.8 Å². The van der Waals surface area contributed by atoms with Gasteiger partial charge in [0.15, 0.2) is 5.16 Å². The number of nitrogens with zero attached hydrogens (tertiary/aromatic N) is 2. The van der Waals surface area contributed by atoms with Crippen LogP contribution in [0.15, 0.2) is 29.4 Å². The number of anilines is 2. The summed E-state index contributed by atoms with van der Waals surface area (Å²) in [5.41, 5.74) is -0.230. The Morgan fingerprint density at radius 1 is 1.19 bits per heavy atom. The summed E-state index contributed by atoms with van der Waals surface area (Å²) in [6, 6.07) is 5.46. The number of nitrogens with one attached hydrogen (secondary N) is 1. The molecule has 0 saturated carbocycles. The summed E-state index contributed by atoms with van der Waals surface area (Å²) in [5, 5.41) is 3.47. The number of hydrogen-bond donors (Lipinski definition) is 1. The Bertz CT molecular complexity index is 662. The first-order valence-electron chi connectivity index (χ1n) is 5.83. The van der Waals surface area contributed by atoms with Gasteiger partial charge in [0.25, 0.3) is 0 Å². The molecule has 0 spiro atoms. The monoisotopic (exact) mass is 333 g/mol. The SMILES string of the molecule is CSc1nc(Cl)cc(Nc2ccc(C)c(C(F)(F)F)c2)n1. The van der Waals surface area contributed by atoms with Crippen molar-refractivity contribution in [2.45, 2.75) is 18.3 Å². The largest absolute Gasteiger partial charge is 0.416 e. The first-order chi connectivity index (χ1) is 9.79. The fraction of sp³-hybridized carbons (Fsp3) is 0.231. The van der Waals surface area contributed by atoms with Crippen molar-refractivity contribution in [3.8, 4) is 0 Å². The van der Waals surface area contributed by atoms with Gasteiger partial charge in [-0.1, -0.05) is 29.4 Å². The number of alkyl halides is 3. The van der Waals surface area contributed by atoms with Crippen molar-refractivity contribution in [2.24, 2.45) is 0 Å². The minimum absolute atomic E-state index is 0.165. The van der Waals surface area contributed by atoms with E-state index in [-0.39, 0.29) is 16.4 Å². The highest BCUT2D eigenvalue weighted by Gasteiger charge is 2.32. The molecule has 8 heteroatoms. The Morgan fingerprint density at radius 2 is 1.90 bits per heavy atom. The molecule has 0 atom stereocenters. The molecule has 1 aromatic carbocycles. The standard InChI is InChI=1S/C13H11ClF3N3S/c1-7-3-4-8(5-9(7)13(15,16)17)18-11-6-10(14)19-12(20-11)21-2/h3-6H,1-2H3,(H,18,19,20). The van der Waals surface area contributed by atoms with Crippen molar-refractivity contribution in [3.05, 3.63) is 40.5 Å². The Kier molecular flexibility index (Phi) is 4.63. The lowest BCUT2D eigenvalue weighted by atomic mass is 10.1. The zero-order chi connectivity index (χ0) is 15.6. The van der Waals surface area contributed by atoms with Gasteiger partial charge in [-0.3, -0.25) is 0 Å². The van der Waals surface area contributed by atoms with Crippen molar-refractivity contribution in [2.75, 3.05) is 11.6 Å². The molecule has 0 saturated heterocycles. The highest BCUT2D eigenvalue weighted by atomic mass is 35.5. The molecule has 2 rings (SSSR count). The minimum Gasteiger partial charge on any atom is -0.340 e. The lowest BCUT2D eigenvalue weighted by Gasteiger charge is -2.13. The van der Waals surface area contributed by atoms with E-state index in [4.69, 9.17) is 11.6 Å². The molecule has 1 aromatic heterocycles. The average Bonchev–Trinajstić information content (AvgIpc) is 2.39. The summed E-state index contributed by atoms with van der Waals surface area (Å²) in [6.45, 7) is 1.42. The smallest absolute Gasteiger partial charge is 0.340 e. The predicted molar refractivity (Wildman–Crippen MR) is 78.3 cm³/mol. The van der Waals surface area contributed by atoms with Crippen molar-refractivity contribution in [1.82, 2.24) is 9.97 Å². The van der Waals surface area contributed by atoms with Crippen molar-refractivity contribution in [3.63, 3.8) is 0 Å². The fourth-order valence-electron chi connectivity index (χ4n) is 1.71. The van der Waals surface area contributed by atoms with Gasteiger partial charge in [-0.15, -0.1) is 0 Å².